The monoisotopic (exact) mass is 302 g/mol. The highest BCUT2D eigenvalue weighted by Crippen LogP contribution is 2.20. The molecular formula is C19H30N2O. The van der Waals surface area contributed by atoms with Crippen LogP contribution in [0.25, 0.3) is 0 Å². The van der Waals surface area contributed by atoms with Crippen molar-refractivity contribution in [1.82, 2.24) is 9.80 Å². The molecule has 0 bridgehead atoms. The first kappa shape index (κ1) is 16.0. The molecule has 0 aromatic heterocycles. The van der Waals surface area contributed by atoms with Gasteiger partial charge in [0.1, 0.15) is 0 Å². The van der Waals surface area contributed by atoms with Gasteiger partial charge in [-0.1, -0.05) is 30.3 Å². The number of likely N-dealkylation sites (tertiary alicyclic amines) is 2. The van der Waals surface area contributed by atoms with Gasteiger partial charge in [-0.2, -0.15) is 0 Å². The van der Waals surface area contributed by atoms with Gasteiger partial charge in [-0.05, 0) is 56.7 Å². The summed E-state index contributed by atoms with van der Waals surface area (Å²) < 4.78 is 0. The average Bonchev–Trinajstić information content (AvgIpc) is 2.94. The second-order valence-corrected chi connectivity index (χ2v) is 7.10. The summed E-state index contributed by atoms with van der Waals surface area (Å²) >= 11 is 0. The summed E-state index contributed by atoms with van der Waals surface area (Å²) in [5, 5.41) is 9.65. The lowest BCUT2D eigenvalue weighted by molar-refractivity contribution is 0.129. The van der Waals surface area contributed by atoms with E-state index in [2.05, 4.69) is 40.1 Å². The minimum Gasteiger partial charge on any atom is -0.392 e. The predicted octanol–water partition coefficient (Wildman–Crippen LogP) is 2.40. The molecule has 2 saturated heterocycles. The Kier molecular flexibility index (Phi) is 5.88. The number of hydrogen-bond acceptors (Lipinski definition) is 3. The van der Waals surface area contributed by atoms with Crippen molar-refractivity contribution in [3.63, 3.8) is 0 Å². The van der Waals surface area contributed by atoms with E-state index in [1.807, 2.05) is 0 Å². The number of β-amino-alcohol motifs (C(OH)–C–C–N with tert-alkyl or cyclic N) is 1. The lowest BCUT2D eigenvalue weighted by Gasteiger charge is -2.34. The summed E-state index contributed by atoms with van der Waals surface area (Å²) in [4.78, 5) is 5.12. The molecule has 2 aliphatic heterocycles. The van der Waals surface area contributed by atoms with Crippen molar-refractivity contribution in [3.05, 3.63) is 35.9 Å². The topological polar surface area (TPSA) is 26.7 Å². The Labute approximate surface area is 134 Å². The van der Waals surface area contributed by atoms with Crippen molar-refractivity contribution in [3.8, 4) is 0 Å². The van der Waals surface area contributed by atoms with Crippen molar-refractivity contribution in [2.45, 2.75) is 38.2 Å². The first-order valence-corrected chi connectivity index (χ1v) is 8.96. The number of rotatable bonds is 6. The van der Waals surface area contributed by atoms with Gasteiger partial charge in [-0.15, -0.1) is 0 Å². The molecule has 1 aromatic rings. The zero-order valence-corrected chi connectivity index (χ0v) is 13.7. The van der Waals surface area contributed by atoms with E-state index < -0.39 is 0 Å². The summed E-state index contributed by atoms with van der Waals surface area (Å²) in [7, 11) is 0. The summed E-state index contributed by atoms with van der Waals surface area (Å²) in [6, 6.07) is 10.8. The molecule has 2 atom stereocenters. The summed E-state index contributed by atoms with van der Waals surface area (Å²) in [5.74, 6) is 0.802. The van der Waals surface area contributed by atoms with Crippen molar-refractivity contribution < 1.29 is 5.11 Å². The van der Waals surface area contributed by atoms with Gasteiger partial charge < -0.3 is 14.9 Å². The molecule has 122 valence electrons. The molecule has 3 rings (SSSR count). The van der Waals surface area contributed by atoms with Crippen molar-refractivity contribution in [2.75, 3.05) is 39.3 Å². The Morgan fingerprint density at radius 3 is 2.64 bits per heavy atom. The average molecular weight is 302 g/mol. The van der Waals surface area contributed by atoms with Gasteiger partial charge in [0.15, 0.2) is 0 Å². The third-order valence-electron chi connectivity index (χ3n) is 5.15. The minimum absolute atomic E-state index is 0.0782. The van der Waals surface area contributed by atoms with E-state index in [0.29, 0.717) is 0 Å². The number of hydrogen-bond donors (Lipinski definition) is 1. The molecule has 0 amide bonds. The summed E-state index contributed by atoms with van der Waals surface area (Å²) in [5.41, 5.74) is 1.46. The van der Waals surface area contributed by atoms with Gasteiger partial charge in [0.2, 0.25) is 0 Å². The molecular weight excluding hydrogens is 272 g/mol. The highest BCUT2D eigenvalue weighted by atomic mass is 16.3. The van der Waals surface area contributed by atoms with Gasteiger partial charge in [0.05, 0.1) is 6.10 Å². The van der Waals surface area contributed by atoms with Crippen molar-refractivity contribution >= 4 is 0 Å². The van der Waals surface area contributed by atoms with Crippen molar-refractivity contribution in [1.29, 1.82) is 0 Å². The summed E-state index contributed by atoms with van der Waals surface area (Å²) in [6.45, 7) is 6.92. The van der Waals surface area contributed by atoms with E-state index >= 15 is 0 Å². The molecule has 3 nitrogen and oxygen atoms in total. The first-order chi connectivity index (χ1) is 10.8. The van der Waals surface area contributed by atoms with E-state index in [0.717, 1.165) is 25.4 Å². The standard InChI is InChI=1S/C19H30N2O/c22-19-10-13-21(16-19)15-18-9-5-12-20(14-18)11-4-8-17-6-2-1-3-7-17/h1-3,6-7,18-19,22H,4-5,8-16H2. The fourth-order valence-corrected chi connectivity index (χ4v) is 4.00. The number of benzene rings is 1. The van der Waals surface area contributed by atoms with Crippen LogP contribution in [0.2, 0.25) is 0 Å². The van der Waals surface area contributed by atoms with Crippen LogP contribution in [0, 0.1) is 5.92 Å². The predicted molar refractivity (Wildman–Crippen MR) is 91.0 cm³/mol. The Balaban J connectivity index is 1.37. The maximum absolute atomic E-state index is 9.65. The van der Waals surface area contributed by atoms with Gasteiger partial charge >= 0.3 is 0 Å². The Morgan fingerprint density at radius 1 is 1.00 bits per heavy atom. The van der Waals surface area contributed by atoms with Gasteiger partial charge in [-0.3, -0.25) is 0 Å². The highest BCUT2D eigenvalue weighted by Gasteiger charge is 2.25. The SMILES string of the molecule is OC1CCN(CC2CCCN(CCCc3ccccc3)C2)C1. The van der Waals surface area contributed by atoms with E-state index in [1.165, 1.54) is 57.4 Å². The normalized spacial score (nSPS) is 27.3. The first-order valence-electron chi connectivity index (χ1n) is 8.96. The van der Waals surface area contributed by atoms with Gasteiger partial charge in [-0.25, -0.2) is 0 Å². The van der Waals surface area contributed by atoms with E-state index in [4.69, 9.17) is 0 Å². The van der Waals surface area contributed by atoms with E-state index in [1.54, 1.807) is 0 Å². The molecule has 0 saturated carbocycles. The van der Waals surface area contributed by atoms with Crippen LogP contribution in [-0.4, -0.2) is 60.3 Å². The number of aliphatic hydroxyl groups is 1. The molecule has 2 fully saturated rings. The molecule has 2 aliphatic rings. The maximum Gasteiger partial charge on any atom is 0.0679 e. The van der Waals surface area contributed by atoms with Crippen LogP contribution in [0.4, 0.5) is 0 Å². The molecule has 1 N–H and O–H groups in total. The molecule has 0 spiro atoms. The molecule has 0 radical (unpaired) electrons. The Bertz CT molecular complexity index is 436. The third kappa shape index (κ3) is 4.80. The molecule has 0 aliphatic carbocycles. The zero-order chi connectivity index (χ0) is 15.2. The maximum atomic E-state index is 9.65. The van der Waals surface area contributed by atoms with Crippen LogP contribution in [0.15, 0.2) is 30.3 Å². The lowest BCUT2D eigenvalue weighted by Crippen LogP contribution is -2.41. The zero-order valence-electron chi connectivity index (χ0n) is 13.7. The fourth-order valence-electron chi connectivity index (χ4n) is 4.00. The van der Waals surface area contributed by atoms with Gasteiger partial charge in [0.25, 0.3) is 0 Å². The Hall–Kier alpha value is -0.900. The molecule has 22 heavy (non-hydrogen) atoms. The van der Waals surface area contributed by atoms with Gasteiger partial charge in [0, 0.05) is 26.2 Å². The molecule has 1 aromatic carbocycles. The lowest BCUT2D eigenvalue weighted by atomic mass is 9.97. The second-order valence-electron chi connectivity index (χ2n) is 7.10. The number of piperidine rings is 1. The largest absolute Gasteiger partial charge is 0.392 e. The van der Waals surface area contributed by atoms with E-state index in [-0.39, 0.29) is 6.10 Å². The third-order valence-corrected chi connectivity index (χ3v) is 5.15. The molecule has 2 unspecified atom stereocenters. The molecule has 3 heteroatoms. The highest BCUT2D eigenvalue weighted by molar-refractivity contribution is 5.14. The second kappa shape index (κ2) is 8.09. The van der Waals surface area contributed by atoms with Crippen LogP contribution < -0.4 is 0 Å². The van der Waals surface area contributed by atoms with Crippen LogP contribution in [0.1, 0.15) is 31.2 Å². The summed E-state index contributed by atoms with van der Waals surface area (Å²) in [6.07, 6.45) is 6.05. The smallest absolute Gasteiger partial charge is 0.0679 e. The van der Waals surface area contributed by atoms with Crippen LogP contribution in [0.3, 0.4) is 0 Å². The quantitative estimate of drug-likeness (QED) is 0.874. The van der Waals surface area contributed by atoms with Crippen LogP contribution in [0.5, 0.6) is 0 Å². The fraction of sp³-hybridized carbons (Fsp3) is 0.684. The van der Waals surface area contributed by atoms with Crippen LogP contribution >= 0.6 is 0 Å². The minimum atomic E-state index is -0.0782. The Morgan fingerprint density at radius 2 is 1.86 bits per heavy atom. The van der Waals surface area contributed by atoms with E-state index in [9.17, 15) is 5.11 Å². The van der Waals surface area contributed by atoms with Crippen LogP contribution in [-0.2, 0) is 6.42 Å². The van der Waals surface area contributed by atoms with Crippen molar-refractivity contribution in [2.24, 2.45) is 5.92 Å². The number of aliphatic hydroxyl groups excluding tert-OH is 1. The number of aryl methyl sites for hydroxylation is 1. The number of nitrogens with zero attached hydrogens (tertiary/aromatic N) is 2. The molecule has 2 heterocycles.